The molecule has 0 spiro atoms. The van der Waals surface area contributed by atoms with Crippen molar-refractivity contribution in [2.45, 2.75) is 18.2 Å². The molecule has 182 valence electrons. The van der Waals surface area contributed by atoms with Crippen LogP contribution in [0, 0.1) is 0 Å². The Bertz CT molecular complexity index is 1160. The second kappa shape index (κ2) is 10.4. The van der Waals surface area contributed by atoms with Gasteiger partial charge in [-0.15, -0.1) is 0 Å². The summed E-state index contributed by atoms with van der Waals surface area (Å²) >= 11 is 0. The predicted molar refractivity (Wildman–Crippen MR) is 125 cm³/mol. The summed E-state index contributed by atoms with van der Waals surface area (Å²) in [4.78, 5) is 26.5. The van der Waals surface area contributed by atoms with E-state index in [1.807, 2.05) is 6.07 Å². The second-order valence-electron chi connectivity index (χ2n) is 7.71. The predicted octanol–water partition coefficient (Wildman–Crippen LogP) is 1.86. The Morgan fingerprint density at radius 1 is 1.15 bits per heavy atom. The van der Waals surface area contributed by atoms with Crippen molar-refractivity contribution in [3.05, 3.63) is 42.5 Å². The fourth-order valence-corrected chi connectivity index (χ4v) is 5.39. The van der Waals surface area contributed by atoms with Crippen molar-refractivity contribution in [1.29, 1.82) is 0 Å². The van der Waals surface area contributed by atoms with Crippen molar-refractivity contribution in [1.82, 2.24) is 4.31 Å². The number of anilines is 2. The maximum absolute atomic E-state index is 13.2. The molecular weight excluding hydrogens is 462 g/mol. The number of amides is 2. The number of ether oxygens (including phenoxy) is 3. The fraction of sp³-hybridized carbons (Fsp3) is 0.391. The van der Waals surface area contributed by atoms with E-state index >= 15 is 0 Å². The van der Waals surface area contributed by atoms with Gasteiger partial charge in [-0.1, -0.05) is 12.1 Å². The summed E-state index contributed by atoms with van der Waals surface area (Å²) in [5.74, 6) is 0.233. The van der Waals surface area contributed by atoms with Crippen molar-refractivity contribution in [3.63, 3.8) is 0 Å². The van der Waals surface area contributed by atoms with Gasteiger partial charge in [0, 0.05) is 31.7 Å². The quantitative estimate of drug-likeness (QED) is 0.602. The van der Waals surface area contributed by atoms with Crippen LogP contribution in [-0.2, 0) is 24.3 Å². The summed E-state index contributed by atoms with van der Waals surface area (Å²) in [7, 11) is -3.83. The minimum atomic E-state index is -3.83. The molecule has 0 aromatic heterocycles. The first-order valence-corrected chi connectivity index (χ1v) is 12.5. The van der Waals surface area contributed by atoms with Crippen LogP contribution in [0.25, 0.3) is 0 Å². The van der Waals surface area contributed by atoms with Gasteiger partial charge in [-0.2, -0.15) is 4.31 Å². The van der Waals surface area contributed by atoms with E-state index in [1.165, 1.54) is 21.3 Å². The number of morpholine rings is 1. The third-order valence-electron chi connectivity index (χ3n) is 5.49. The van der Waals surface area contributed by atoms with Gasteiger partial charge in [0.05, 0.1) is 25.5 Å². The van der Waals surface area contributed by atoms with Gasteiger partial charge in [-0.05, 0) is 37.3 Å². The zero-order chi connectivity index (χ0) is 24.1. The lowest BCUT2D eigenvalue weighted by Gasteiger charge is -2.29. The summed E-state index contributed by atoms with van der Waals surface area (Å²) in [6.07, 6.45) is 0.0266. The zero-order valence-electron chi connectivity index (χ0n) is 18.9. The van der Waals surface area contributed by atoms with Crippen molar-refractivity contribution in [2.75, 3.05) is 56.3 Å². The molecule has 4 rings (SSSR count). The van der Waals surface area contributed by atoms with Crippen molar-refractivity contribution in [2.24, 2.45) is 0 Å². The van der Waals surface area contributed by atoms with Crippen molar-refractivity contribution in [3.8, 4) is 11.5 Å². The van der Waals surface area contributed by atoms with Crippen LogP contribution in [-0.4, -0.2) is 70.6 Å². The number of hydrogen-bond donors (Lipinski definition) is 1. The Hall–Kier alpha value is -3.15. The average Bonchev–Trinajstić information content (AvgIpc) is 2.85. The number of sulfonamides is 1. The summed E-state index contributed by atoms with van der Waals surface area (Å²) < 4.78 is 44.0. The first-order chi connectivity index (χ1) is 16.4. The maximum Gasteiger partial charge on any atom is 0.265 e. The molecule has 2 heterocycles. The van der Waals surface area contributed by atoms with Crippen LogP contribution in [0.4, 0.5) is 11.4 Å². The van der Waals surface area contributed by atoms with Crippen LogP contribution in [0.5, 0.6) is 11.5 Å². The Labute approximate surface area is 198 Å². The van der Waals surface area contributed by atoms with Gasteiger partial charge in [-0.3, -0.25) is 9.59 Å². The van der Waals surface area contributed by atoms with Crippen LogP contribution in [0.2, 0.25) is 0 Å². The molecule has 10 nitrogen and oxygen atoms in total. The minimum Gasteiger partial charge on any atom is -0.492 e. The van der Waals surface area contributed by atoms with Crippen LogP contribution in [0.15, 0.2) is 47.4 Å². The summed E-state index contributed by atoms with van der Waals surface area (Å²) in [5, 5.41) is 2.73. The van der Waals surface area contributed by atoms with Gasteiger partial charge in [0.1, 0.15) is 16.4 Å². The van der Waals surface area contributed by atoms with Gasteiger partial charge >= 0.3 is 0 Å². The molecule has 0 atom stereocenters. The van der Waals surface area contributed by atoms with E-state index in [2.05, 4.69) is 5.32 Å². The Morgan fingerprint density at radius 3 is 2.68 bits per heavy atom. The fourth-order valence-electron chi connectivity index (χ4n) is 3.82. The number of nitrogens with zero attached hydrogens (tertiary/aromatic N) is 2. The molecule has 11 heteroatoms. The van der Waals surface area contributed by atoms with Gasteiger partial charge in [0.25, 0.3) is 5.91 Å². The highest BCUT2D eigenvalue weighted by Crippen LogP contribution is 2.32. The normalized spacial score (nSPS) is 16.5. The Morgan fingerprint density at radius 2 is 1.91 bits per heavy atom. The SMILES string of the molecule is CCOc1ccc(NC(=O)CCN2C(=O)COc3ccccc32)cc1S(=O)(=O)N1CCOCC1. The summed E-state index contributed by atoms with van der Waals surface area (Å²) in [6.45, 7) is 3.30. The van der Waals surface area contributed by atoms with Gasteiger partial charge < -0.3 is 24.4 Å². The van der Waals surface area contributed by atoms with Crippen molar-refractivity contribution >= 4 is 33.2 Å². The molecule has 0 radical (unpaired) electrons. The third kappa shape index (κ3) is 5.16. The molecule has 1 fully saturated rings. The lowest BCUT2D eigenvalue weighted by atomic mass is 10.2. The molecule has 1 saturated heterocycles. The Balaban J connectivity index is 1.48. The van der Waals surface area contributed by atoms with Gasteiger partial charge in [-0.25, -0.2) is 8.42 Å². The number of rotatable bonds is 8. The first-order valence-electron chi connectivity index (χ1n) is 11.1. The number of benzene rings is 2. The monoisotopic (exact) mass is 489 g/mol. The molecule has 2 aromatic carbocycles. The highest BCUT2D eigenvalue weighted by Gasteiger charge is 2.30. The number of para-hydroxylation sites is 2. The van der Waals surface area contributed by atoms with Gasteiger partial charge in [0.2, 0.25) is 15.9 Å². The average molecular weight is 490 g/mol. The maximum atomic E-state index is 13.2. The smallest absolute Gasteiger partial charge is 0.265 e. The molecule has 2 aliphatic heterocycles. The molecule has 0 saturated carbocycles. The molecule has 0 bridgehead atoms. The first kappa shape index (κ1) is 24.0. The molecular formula is C23H27N3O7S. The third-order valence-corrected chi connectivity index (χ3v) is 7.41. The summed E-state index contributed by atoms with van der Waals surface area (Å²) in [6, 6.07) is 11.7. The Kier molecular flexibility index (Phi) is 7.35. The summed E-state index contributed by atoms with van der Waals surface area (Å²) in [5.41, 5.74) is 0.945. The van der Waals surface area contributed by atoms with E-state index in [-0.39, 0.29) is 55.1 Å². The molecule has 1 N–H and O–H groups in total. The van der Waals surface area contributed by atoms with E-state index in [0.717, 1.165) is 0 Å². The molecule has 2 aromatic rings. The van der Waals surface area contributed by atoms with E-state index in [0.29, 0.717) is 36.9 Å². The molecule has 34 heavy (non-hydrogen) atoms. The van der Waals surface area contributed by atoms with E-state index < -0.39 is 10.0 Å². The van der Waals surface area contributed by atoms with Crippen LogP contribution < -0.4 is 19.7 Å². The van der Waals surface area contributed by atoms with Crippen LogP contribution in [0.1, 0.15) is 13.3 Å². The molecule has 0 aliphatic carbocycles. The molecule has 2 amide bonds. The lowest BCUT2D eigenvalue weighted by Crippen LogP contribution is -2.40. The zero-order valence-corrected chi connectivity index (χ0v) is 19.7. The lowest BCUT2D eigenvalue weighted by molar-refractivity contribution is -0.121. The van der Waals surface area contributed by atoms with Crippen LogP contribution in [0.3, 0.4) is 0 Å². The number of carbonyl (C=O) groups excluding carboxylic acids is 2. The van der Waals surface area contributed by atoms with Crippen LogP contribution >= 0.6 is 0 Å². The van der Waals surface area contributed by atoms with E-state index in [4.69, 9.17) is 14.2 Å². The number of hydrogen-bond acceptors (Lipinski definition) is 7. The number of nitrogens with one attached hydrogen (secondary N) is 1. The standard InChI is InChI=1S/C23H27N3O7S/c1-2-32-20-8-7-17(15-21(20)34(29,30)25-11-13-31-14-12-25)24-22(27)9-10-26-18-5-3-4-6-19(18)33-16-23(26)28/h3-8,15H,2,9-14,16H2,1H3,(H,24,27). The minimum absolute atomic E-state index is 0.00802. The van der Waals surface area contributed by atoms with E-state index in [1.54, 1.807) is 31.2 Å². The molecule has 0 unspecified atom stereocenters. The highest BCUT2D eigenvalue weighted by molar-refractivity contribution is 7.89. The van der Waals surface area contributed by atoms with Gasteiger partial charge in [0.15, 0.2) is 6.61 Å². The molecule has 2 aliphatic rings. The number of carbonyl (C=O) groups is 2. The number of fused-ring (bicyclic) bond motifs is 1. The largest absolute Gasteiger partial charge is 0.492 e. The topological polar surface area (TPSA) is 114 Å². The van der Waals surface area contributed by atoms with Crippen molar-refractivity contribution < 1.29 is 32.2 Å². The van der Waals surface area contributed by atoms with E-state index in [9.17, 15) is 18.0 Å². The second-order valence-corrected chi connectivity index (χ2v) is 9.62. The highest BCUT2D eigenvalue weighted by atomic mass is 32.2.